The maximum absolute atomic E-state index is 12.1. The maximum atomic E-state index is 12.1. The Kier molecular flexibility index (Phi) is 4.54. The van der Waals surface area contributed by atoms with E-state index in [2.05, 4.69) is 4.98 Å². The van der Waals surface area contributed by atoms with Crippen LogP contribution < -0.4 is 0 Å². The lowest BCUT2D eigenvalue weighted by Crippen LogP contribution is -2.42. The number of aromatic nitrogens is 2. The van der Waals surface area contributed by atoms with E-state index in [4.69, 9.17) is 4.74 Å². The molecule has 0 N–H and O–H groups in total. The Morgan fingerprint density at radius 2 is 2.32 bits per heavy atom. The van der Waals surface area contributed by atoms with Crippen LogP contribution in [0.3, 0.4) is 0 Å². The number of hydrogen-bond acceptors (Lipinski definition) is 4. The Hall–Kier alpha value is -1.85. The fourth-order valence-electron chi connectivity index (χ4n) is 2.36. The first-order chi connectivity index (χ1) is 9.20. The number of likely N-dealkylation sites (tertiary alicyclic amines) is 1. The molecule has 1 aliphatic heterocycles. The number of hydrogen-bond donors (Lipinski definition) is 0. The fraction of sp³-hybridized carbons (Fsp3) is 0.615. The zero-order valence-electron chi connectivity index (χ0n) is 11.1. The van der Waals surface area contributed by atoms with Crippen LogP contribution in [0.25, 0.3) is 0 Å². The highest BCUT2D eigenvalue weighted by molar-refractivity contribution is 5.78. The molecular formula is C13H19N3O3. The third-order valence-corrected chi connectivity index (χ3v) is 3.45. The number of carbonyl (C=O) groups is 2. The summed E-state index contributed by atoms with van der Waals surface area (Å²) in [5, 5.41) is 0. The molecular weight excluding hydrogens is 246 g/mol. The van der Waals surface area contributed by atoms with Gasteiger partial charge in [-0.3, -0.25) is 9.59 Å². The summed E-state index contributed by atoms with van der Waals surface area (Å²) in [6.45, 7) is 1.84. The van der Waals surface area contributed by atoms with Crippen LogP contribution in [0.15, 0.2) is 18.7 Å². The topological polar surface area (TPSA) is 64.4 Å². The van der Waals surface area contributed by atoms with E-state index in [0.29, 0.717) is 19.5 Å². The lowest BCUT2D eigenvalue weighted by atomic mass is 9.98. The Morgan fingerprint density at radius 1 is 1.47 bits per heavy atom. The Morgan fingerprint density at radius 3 is 3.00 bits per heavy atom. The van der Waals surface area contributed by atoms with Crippen molar-refractivity contribution in [3.63, 3.8) is 0 Å². The van der Waals surface area contributed by atoms with Crippen molar-refractivity contribution >= 4 is 11.9 Å². The number of amides is 1. The van der Waals surface area contributed by atoms with E-state index in [0.717, 1.165) is 19.4 Å². The van der Waals surface area contributed by atoms with Crippen molar-refractivity contribution in [3.8, 4) is 0 Å². The highest BCUT2D eigenvalue weighted by Crippen LogP contribution is 2.18. The van der Waals surface area contributed by atoms with Gasteiger partial charge in [-0.1, -0.05) is 0 Å². The SMILES string of the molecule is COC(=O)C1CCCN(C(=O)CCn2ccnc2)C1. The molecule has 0 aliphatic carbocycles. The molecule has 1 aliphatic rings. The number of nitrogens with zero attached hydrogens (tertiary/aromatic N) is 3. The molecule has 1 saturated heterocycles. The van der Waals surface area contributed by atoms with Crippen LogP contribution in [0.2, 0.25) is 0 Å². The molecule has 1 aromatic heterocycles. The summed E-state index contributed by atoms with van der Waals surface area (Å²) < 4.78 is 6.62. The van der Waals surface area contributed by atoms with Crippen LogP contribution in [0.4, 0.5) is 0 Å². The Bertz CT molecular complexity index is 430. The van der Waals surface area contributed by atoms with Crippen LogP contribution in [-0.4, -0.2) is 46.5 Å². The van der Waals surface area contributed by atoms with E-state index >= 15 is 0 Å². The lowest BCUT2D eigenvalue weighted by Gasteiger charge is -2.31. The normalized spacial score (nSPS) is 19.2. The van der Waals surface area contributed by atoms with Gasteiger partial charge in [0.25, 0.3) is 0 Å². The van der Waals surface area contributed by atoms with E-state index in [-0.39, 0.29) is 17.8 Å². The maximum Gasteiger partial charge on any atom is 0.310 e. The minimum atomic E-state index is -0.216. The quantitative estimate of drug-likeness (QED) is 0.751. The third kappa shape index (κ3) is 3.56. The van der Waals surface area contributed by atoms with Crippen LogP contribution in [0.1, 0.15) is 19.3 Å². The molecule has 0 saturated carbocycles. The molecule has 0 bridgehead atoms. The van der Waals surface area contributed by atoms with Crippen molar-refractivity contribution in [1.82, 2.24) is 14.5 Å². The fourth-order valence-corrected chi connectivity index (χ4v) is 2.36. The van der Waals surface area contributed by atoms with Crippen molar-refractivity contribution in [2.45, 2.75) is 25.8 Å². The van der Waals surface area contributed by atoms with E-state index in [9.17, 15) is 9.59 Å². The molecule has 1 aromatic rings. The number of aryl methyl sites for hydroxylation is 1. The summed E-state index contributed by atoms with van der Waals surface area (Å²) >= 11 is 0. The van der Waals surface area contributed by atoms with Gasteiger partial charge < -0.3 is 14.2 Å². The molecule has 19 heavy (non-hydrogen) atoms. The summed E-state index contributed by atoms with van der Waals surface area (Å²) in [5.74, 6) is -0.301. The largest absolute Gasteiger partial charge is 0.469 e. The van der Waals surface area contributed by atoms with Crippen molar-refractivity contribution in [1.29, 1.82) is 0 Å². The molecule has 2 rings (SSSR count). The molecule has 1 fully saturated rings. The summed E-state index contributed by atoms with van der Waals surface area (Å²) in [7, 11) is 1.39. The van der Waals surface area contributed by atoms with Crippen molar-refractivity contribution in [2.24, 2.45) is 5.92 Å². The minimum absolute atomic E-state index is 0.0855. The van der Waals surface area contributed by atoms with E-state index in [1.807, 2.05) is 10.8 Å². The summed E-state index contributed by atoms with van der Waals surface area (Å²) in [4.78, 5) is 29.3. The van der Waals surface area contributed by atoms with Crippen LogP contribution in [0.5, 0.6) is 0 Å². The second kappa shape index (κ2) is 6.36. The van der Waals surface area contributed by atoms with Gasteiger partial charge in [-0.2, -0.15) is 0 Å². The van der Waals surface area contributed by atoms with E-state index in [1.165, 1.54) is 7.11 Å². The van der Waals surface area contributed by atoms with Gasteiger partial charge >= 0.3 is 5.97 Å². The molecule has 0 radical (unpaired) electrons. The van der Waals surface area contributed by atoms with Crippen LogP contribution in [0, 0.1) is 5.92 Å². The molecule has 0 spiro atoms. The standard InChI is InChI=1S/C13H19N3O3/c1-19-13(18)11-3-2-6-16(9-11)12(17)4-7-15-8-5-14-10-15/h5,8,10-11H,2-4,6-7,9H2,1H3. The number of methoxy groups -OCH3 is 1. The van der Waals surface area contributed by atoms with Crippen LogP contribution in [-0.2, 0) is 20.9 Å². The van der Waals surface area contributed by atoms with Crippen molar-refractivity contribution in [2.75, 3.05) is 20.2 Å². The average Bonchev–Trinajstić information content (AvgIpc) is 2.97. The summed E-state index contributed by atoms with van der Waals surface area (Å²) in [6, 6.07) is 0. The lowest BCUT2D eigenvalue weighted by molar-refractivity contribution is -0.149. The number of imidazole rings is 1. The predicted octanol–water partition coefficient (Wildman–Crippen LogP) is 0.685. The zero-order valence-corrected chi connectivity index (χ0v) is 11.1. The average molecular weight is 265 g/mol. The molecule has 1 amide bonds. The minimum Gasteiger partial charge on any atom is -0.469 e. The first-order valence-corrected chi connectivity index (χ1v) is 6.52. The molecule has 104 valence electrons. The van der Waals surface area contributed by atoms with Crippen molar-refractivity contribution in [3.05, 3.63) is 18.7 Å². The molecule has 6 heteroatoms. The van der Waals surface area contributed by atoms with E-state index < -0.39 is 0 Å². The third-order valence-electron chi connectivity index (χ3n) is 3.45. The zero-order chi connectivity index (χ0) is 13.7. The number of ether oxygens (including phenoxy) is 1. The Balaban J connectivity index is 1.83. The van der Waals surface area contributed by atoms with Gasteiger partial charge in [0, 0.05) is 38.4 Å². The van der Waals surface area contributed by atoms with Crippen molar-refractivity contribution < 1.29 is 14.3 Å². The Labute approximate surface area is 112 Å². The molecule has 0 aromatic carbocycles. The second-order valence-corrected chi connectivity index (χ2v) is 4.75. The summed E-state index contributed by atoms with van der Waals surface area (Å²) in [5.41, 5.74) is 0. The van der Waals surface area contributed by atoms with Gasteiger partial charge in [0.1, 0.15) is 0 Å². The first-order valence-electron chi connectivity index (χ1n) is 6.52. The molecule has 1 unspecified atom stereocenters. The van der Waals surface area contributed by atoms with Gasteiger partial charge in [-0.05, 0) is 12.8 Å². The van der Waals surface area contributed by atoms with Gasteiger partial charge in [-0.15, -0.1) is 0 Å². The monoisotopic (exact) mass is 265 g/mol. The van der Waals surface area contributed by atoms with Crippen LogP contribution >= 0.6 is 0 Å². The van der Waals surface area contributed by atoms with E-state index in [1.54, 1.807) is 17.4 Å². The van der Waals surface area contributed by atoms with Gasteiger partial charge in [0.2, 0.25) is 5.91 Å². The van der Waals surface area contributed by atoms with Gasteiger partial charge in [0.05, 0.1) is 19.4 Å². The number of piperidine rings is 1. The second-order valence-electron chi connectivity index (χ2n) is 4.75. The molecule has 6 nitrogen and oxygen atoms in total. The number of esters is 1. The smallest absolute Gasteiger partial charge is 0.310 e. The summed E-state index contributed by atoms with van der Waals surface area (Å²) in [6.07, 6.45) is 7.32. The highest BCUT2D eigenvalue weighted by atomic mass is 16.5. The molecule has 2 heterocycles. The number of carbonyl (C=O) groups excluding carboxylic acids is 2. The van der Waals surface area contributed by atoms with Gasteiger partial charge in [-0.25, -0.2) is 4.98 Å². The number of rotatable bonds is 4. The van der Waals surface area contributed by atoms with Gasteiger partial charge in [0.15, 0.2) is 0 Å². The highest BCUT2D eigenvalue weighted by Gasteiger charge is 2.28. The molecule has 1 atom stereocenters. The first kappa shape index (κ1) is 13.6. The predicted molar refractivity (Wildman–Crippen MR) is 68.2 cm³/mol.